The highest BCUT2D eigenvalue weighted by atomic mass is 32.1. The zero-order valence-corrected chi connectivity index (χ0v) is 13.5. The third-order valence-electron chi connectivity index (χ3n) is 4.25. The Morgan fingerprint density at radius 3 is 2.77 bits per heavy atom. The summed E-state index contributed by atoms with van der Waals surface area (Å²) in [5.74, 6) is -0.974. The molecule has 0 bridgehead atoms. The molecule has 0 saturated carbocycles. The van der Waals surface area contributed by atoms with Gasteiger partial charge in [0.1, 0.15) is 5.01 Å². The van der Waals surface area contributed by atoms with Gasteiger partial charge < -0.3 is 5.11 Å². The van der Waals surface area contributed by atoms with Crippen LogP contribution in [0.1, 0.15) is 42.2 Å². The summed E-state index contributed by atoms with van der Waals surface area (Å²) in [6.07, 6.45) is 3.92. The lowest BCUT2D eigenvalue weighted by Crippen LogP contribution is -2.36. The number of thiazole rings is 1. The predicted molar refractivity (Wildman–Crippen MR) is 88.2 cm³/mol. The van der Waals surface area contributed by atoms with Gasteiger partial charge in [-0.25, -0.2) is 9.78 Å². The molecule has 22 heavy (non-hydrogen) atoms. The van der Waals surface area contributed by atoms with Crippen LogP contribution in [0.15, 0.2) is 29.6 Å². The average Bonchev–Trinajstić information content (AvgIpc) is 3.00. The minimum Gasteiger partial charge on any atom is -0.476 e. The van der Waals surface area contributed by atoms with Gasteiger partial charge in [0.2, 0.25) is 0 Å². The average molecular weight is 316 g/mol. The van der Waals surface area contributed by atoms with Crippen LogP contribution in [0.5, 0.6) is 0 Å². The molecule has 0 aliphatic carbocycles. The van der Waals surface area contributed by atoms with Crippen molar-refractivity contribution in [2.45, 2.75) is 38.8 Å². The van der Waals surface area contributed by atoms with E-state index in [2.05, 4.69) is 28.9 Å². The highest BCUT2D eigenvalue weighted by molar-refractivity contribution is 7.13. The van der Waals surface area contributed by atoms with Gasteiger partial charge in [-0.05, 0) is 31.9 Å². The number of nitrogens with zero attached hydrogens (tertiary/aromatic N) is 2. The van der Waals surface area contributed by atoms with Crippen LogP contribution in [-0.2, 0) is 6.54 Å². The first-order valence-corrected chi connectivity index (χ1v) is 8.53. The molecule has 1 aromatic carbocycles. The van der Waals surface area contributed by atoms with Gasteiger partial charge in [-0.15, -0.1) is 11.3 Å². The molecule has 2 aromatic rings. The van der Waals surface area contributed by atoms with E-state index in [1.807, 2.05) is 12.1 Å². The third-order valence-corrected chi connectivity index (χ3v) is 5.14. The number of carboxylic acid groups (broad SMARTS) is 1. The molecular weight excluding hydrogens is 296 g/mol. The van der Waals surface area contributed by atoms with Crippen molar-refractivity contribution in [3.63, 3.8) is 0 Å². The lowest BCUT2D eigenvalue weighted by Gasteiger charge is -2.33. The van der Waals surface area contributed by atoms with Crippen molar-refractivity contribution in [1.29, 1.82) is 0 Å². The summed E-state index contributed by atoms with van der Waals surface area (Å²) < 4.78 is 0. The molecule has 1 saturated heterocycles. The molecule has 2 heterocycles. The number of benzene rings is 1. The normalized spacial score (nSPS) is 19.2. The van der Waals surface area contributed by atoms with Crippen LogP contribution in [0.2, 0.25) is 0 Å². The summed E-state index contributed by atoms with van der Waals surface area (Å²) in [4.78, 5) is 17.6. The minimum absolute atomic E-state index is 0.117. The van der Waals surface area contributed by atoms with Gasteiger partial charge in [0.25, 0.3) is 0 Å². The summed E-state index contributed by atoms with van der Waals surface area (Å²) in [7, 11) is 0. The summed E-state index contributed by atoms with van der Waals surface area (Å²) in [6.45, 7) is 4.47. The number of hydrogen-bond acceptors (Lipinski definition) is 4. The molecule has 1 aromatic heterocycles. The van der Waals surface area contributed by atoms with E-state index in [-0.39, 0.29) is 5.69 Å². The Labute approximate surface area is 134 Å². The molecule has 1 atom stereocenters. The number of aromatic nitrogens is 1. The predicted octanol–water partition coefficient (Wildman–Crippen LogP) is 3.88. The van der Waals surface area contributed by atoms with Crippen molar-refractivity contribution < 1.29 is 9.90 Å². The first-order valence-electron chi connectivity index (χ1n) is 7.65. The van der Waals surface area contributed by atoms with Crippen LogP contribution in [0.3, 0.4) is 0 Å². The Hall–Kier alpha value is -1.72. The molecule has 1 fully saturated rings. The number of likely N-dealkylation sites (tertiary alicyclic amines) is 1. The molecule has 0 spiro atoms. The molecule has 1 aliphatic heterocycles. The van der Waals surface area contributed by atoms with E-state index < -0.39 is 5.97 Å². The van der Waals surface area contributed by atoms with Crippen molar-refractivity contribution in [2.75, 3.05) is 6.54 Å². The maximum absolute atomic E-state index is 10.9. The van der Waals surface area contributed by atoms with Crippen LogP contribution in [0.25, 0.3) is 10.6 Å². The Kier molecular flexibility index (Phi) is 4.55. The minimum atomic E-state index is -0.974. The maximum atomic E-state index is 10.9. The Morgan fingerprint density at radius 1 is 1.36 bits per heavy atom. The molecular formula is C17H20N2O2S. The van der Waals surface area contributed by atoms with Gasteiger partial charge in [-0.1, -0.05) is 30.7 Å². The summed E-state index contributed by atoms with van der Waals surface area (Å²) >= 11 is 1.37. The van der Waals surface area contributed by atoms with Gasteiger partial charge in [-0.3, -0.25) is 4.90 Å². The molecule has 1 N–H and O–H groups in total. The lowest BCUT2D eigenvalue weighted by molar-refractivity contribution is 0.0691. The first kappa shape index (κ1) is 15.2. The molecule has 5 heteroatoms. The number of aromatic carboxylic acids is 1. The zero-order valence-electron chi connectivity index (χ0n) is 12.7. The lowest BCUT2D eigenvalue weighted by atomic mass is 10.0. The van der Waals surface area contributed by atoms with Crippen molar-refractivity contribution in [3.05, 3.63) is 40.9 Å². The molecule has 0 radical (unpaired) electrons. The van der Waals surface area contributed by atoms with E-state index in [0.29, 0.717) is 6.04 Å². The number of carbonyl (C=O) groups is 1. The highest BCUT2D eigenvalue weighted by Gasteiger charge is 2.18. The smallest absolute Gasteiger partial charge is 0.355 e. The summed E-state index contributed by atoms with van der Waals surface area (Å²) in [6, 6.07) is 8.98. The molecule has 1 aliphatic rings. The fourth-order valence-electron chi connectivity index (χ4n) is 2.88. The second-order valence-electron chi connectivity index (χ2n) is 5.86. The van der Waals surface area contributed by atoms with Gasteiger partial charge in [0.15, 0.2) is 5.69 Å². The summed E-state index contributed by atoms with van der Waals surface area (Å²) in [5.41, 5.74) is 2.40. The number of rotatable bonds is 4. The Bertz CT molecular complexity index is 651. The van der Waals surface area contributed by atoms with Crippen LogP contribution in [-0.4, -0.2) is 33.5 Å². The SMILES string of the molecule is CC1CCCCN1Cc1ccc(-c2nc(C(=O)O)cs2)cc1. The van der Waals surface area contributed by atoms with E-state index in [1.54, 1.807) is 5.38 Å². The molecule has 3 rings (SSSR count). The number of piperidine rings is 1. The van der Waals surface area contributed by atoms with Crippen molar-refractivity contribution in [1.82, 2.24) is 9.88 Å². The Morgan fingerprint density at radius 2 is 2.14 bits per heavy atom. The van der Waals surface area contributed by atoms with Crippen molar-refractivity contribution in [3.8, 4) is 10.6 Å². The van der Waals surface area contributed by atoms with Crippen molar-refractivity contribution >= 4 is 17.3 Å². The monoisotopic (exact) mass is 316 g/mol. The zero-order chi connectivity index (χ0) is 15.5. The van der Waals surface area contributed by atoms with E-state index in [1.165, 1.54) is 42.7 Å². The number of carboxylic acids is 1. The molecule has 116 valence electrons. The first-order chi connectivity index (χ1) is 10.6. The Balaban J connectivity index is 1.70. The van der Waals surface area contributed by atoms with Gasteiger partial charge in [0.05, 0.1) is 0 Å². The highest BCUT2D eigenvalue weighted by Crippen LogP contribution is 2.25. The van der Waals surface area contributed by atoms with Gasteiger partial charge >= 0.3 is 5.97 Å². The molecule has 4 nitrogen and oxygen atoms in total. The van der Waals surface area contributed by atoms with Crippen LogP contribution < -0.4 is 0 Å². The largest absolute Gasteiger partial charge is 0.476 e. The topological polar surface area (TPSA) is 53.4 Å². The van der Waals surface area contributed by atoms with E-state index in [4.69, 9.17) is 5.11 Å². The quantitative estimate of drug-likeness (QED) is 0.930. The van der Waals surface area contributed by atoms with Crippen LogP contribution in [0.4, 0.5) is 0 Å². The third kappa shape index (κ3) is 3.36. The van der Waals surface area contributed by atoms with Crippen molar-refractivity contribution in [2.24, 2.45) is 0 Å². The fraction of sp³-hybridized carbons (Fsp3) is 0.412. The fourth-order valence-corrected chi connectivity index (χ4v) is 3.68. The molecule has 1 unspecified atom stereocenters. The standard InChI is InChI=1S/C17H20N2O2S/c1-12-4-2-3-9-19(12)10-13-5-7-14(8-6-13)16-18-15(11-22-16)17(20)21/h5-8,11-12H,2-4,9-10H2,1H3,(H,20,21). The van der Waals surface area contributed by atoms with Gasteiger partial charge in [-0.2, -0.15) is 0 Å². The van der Waals surface area contributed by atoms with Gasteiger partial charge in [0, 0.05) is 23.5 Å². The molecule has 0 amide bonds. The second kappa shape index (κ2) is 6.58. The van der Waals surface area contributed by atoms with Crippen LogP contribution >= 0.6 is 11.3 Å². The van der Waals surface area contributed by atoms with Crippen LogP contribution in [0, 0.1) is 0 Å². The maximum Gasteiger partial charge on any atom is 0.355 e. The van der Waals surface area contributed by atoms with E-state index in [0.717, 1.165) is 17.1 Å². The second-order valence-corrected chi connectivity index (χ2v) is 6.71. The summed E-state index contributed by atoms with van der Waals surface area (Å²) in [5, 5.41) is 11.3. The number of hydrogen-bond donors (Lipinski definition) is 1. The van der Waals surface area contributed by atoms with E-state index >= 15 is 0 Å². The van der Waals surface area contributed by atoms with E-state index in [9.17, 15) is 4.79 Å².